The second-order valence-electron chi connectivity index (χ2n) is 2.81. The Morgan fingerprint density at radius 2 is 2.00 bits per heavy atom. The van der Waals surface area contributed by atoms with Crippen molar-refractivity contribution in [2.75, 3.05) is 14.2 Å². The molecule has 4 nitrogen and oxygen atoms in total. The molecule has 0 atom stereocenters. The number of isocyanates is 1. The van der Waals surface area contributed by atoms with E-state index in [2.05, 4.69) is 4.99 Å². The van der Waals surface area contributed by atoms with Gasteiger partial charge in [0.15, 0.2) is 0 Å². The quantitative estimate of drug-likeness (QED) is 0.451. The SMILES string of the molecule is COc1ccc(OC)c(C(F)(F)N=C=O)c1. The highest BCUT2D eigenvalue weighted by Crippen LogP contribution is 2.37. The normalized spacial score (nSPS) is 10.5. The Morgan fingerprint density at radius 3 is 2.50 bits per heavy atom. The molecule has 86 valence electrons. The van der Waals surface area contributed by atoms with Gasteiger partial charge in [-0.1, -0.05) is 0 Å². The summed E-state index contributed by atoms with van der Waals surface area (Å²) in [4.78, 5) is 12.3. The third kappa shape index (κ3) is 2.35. The zero-order valence-corrected chi connectivity index (χ0v) is 8.66. The number of methoxy groups -OCH3 is 2. The first-order valence-electron chi connectivity index (χ1n) is 4.24. The number of hydrogen-bond donors (Lipinski definition) is 0. The van der Waals surface area contributed by atoms with Crippen LogP contribution in [0.3, 0.4) is 0 Å². The van der Waals surface area contributed by atoms with Crippen molar-refractivity contribution in [3.8, 4) is 11.5 Å². The van der Waals surface area contributed by atoms with Crippen molar-refractivity contribution in [3.05, 3.63) is 23.8 Å². The van der Waals surface area contributed by atoms with Gasteiger partial charge in [0.05, 0.1) is 19.8 Å². The van der Waals surface area contributed by atoms with Crippen LogP contribution < -0.4 is 9.47 Å². The van der Waals surface area contributed by atoms with Crippen molar-refractivity contribution in [2.24, 2.45) is 4.99 Å². The standard InChI is InChI=1S/C10H9F2NO3/c1-15-7-3-4-9(16-2)8(5-7)10(11,12)13-6-14/h3-5H,1-2H3. The van der Waals surface area contributed by atoms with Crippen molar-refractivity contribution in [2.45, 2.75) is 6.05 Å². The first-order chi connectivity index (χ1) is 7.55. The van der Waals surface area contributed by atoms with Gasteiger partial charge in [-0.2, -0.15) is 8.78 Å². The summed E-state index contributed by atoms with van der Waals surface area (Å²) < 4.78 is 36.3. The van der Waals surface area contributed by atoms with E-state index >= 15 is 0 Å². The lowest BCUT2D eigenvalue weighted by atomic mass is 10.1. The van der Waals surface area contributed by atoms with E-state index < -0.39 is 11.6 Å². The van der Waals surface area contributed by atoms with Gasteiger partial charge in [-0.3, -0.25) is 0 Å². The Hall–Kier alpha value is -1.94. The molecule has 0 saturated heterocycles. The molecule has 0 aliphatic carbocycles. The summed E-state index contributed by atoms with van der Waals surface area (Å²) >= 11 is 0. The maximum absolute atomic E-state index is 13.4. The van der Waals surface area contributed by atoms with Gasteiger partial charge in [0.25, 0.3) is 0 Å². The molecule has 0 bridgehead atoms. The van der Waals surface area contributed by atoms with Crippen LogP contribution in [0.25, 0.3) is 0 Å². The molecule has 0 fully saturated rings. The Bertz CT molecular complexity index is 428. The summed E-state index contributed by atoms with van der Waals surface area (Å²) in [5.41, 5.74) is -0.544. The number of alkyl halides is 2. The molecule has 0 amide bonds. The molecule has 1 aromatic rings. The van der Waals surface area contributed by atoms with Gasteiger partial charge in [-0.25, -0.2) is 4.79 Å². The fourth-order valence-electron chi connectivity index (χ4n) is 1.17. The second kappa shape index (κ2) is 4.72. The van der Waals surface area contributed by atoms with Crippen LogP contribution in [0.5, 0.6) is 11.5 Å². The fourth-order valence-corrected chi connectivity index (χ4v) is 1.17. The van der Waals surface area contributed by atoms with Gasteiger partial charge in [0.1, 0.15) is 11.5 Å². The second-order valence-corrected chi connectivity index (χ2v) is 2.81. The lowest BCUT2D eigenvalue weighted by Crippen LogP contribution is -2.11. The highest BCUT2D eigenvalue weighted by Gasteiger charge is 2.35. The molecule has 0 unspecified atom stereocenters. The molecule has 0 N–H and O–H groups in total. The molecule has 1 aromatic carbocycles. The van der Waals surface area contributed by atoms with Crippen LogP contribution in [0.1, 0.15) is 5.56 Å². The van der Waals surface area contributed by atoms with Crippen molar-refractivity contribution >= 4 is 6.08 Å². The number of ether oxygens (including phenoxy) is 2. The summed E-state index contributed by atoms with van der Waals surface area (Å²) in [6.07, 6.45) is 0.824. The van der Waals surface area contributed by atoms with E-state index in [9.17, 15) is 13.6 Å². The van der Waals surface area contributed by atoms with Crippen LogP contribution in [-0.4, -0.2) is 20.3 Å². The van der Waals surface area contributed by atoms with Gasteiger partial charge in [0.2, 0.25) is 6.08 Å². The molecule has 6 heteroatoms. The Labute approximate surface area is 90.5 Å². The zero-order valence-electron chi connectivity index (χ0n) is 8.66. The highest BCUT2D eigenvalue weighted by molar-refractivity contribution is 5.45. The Balaban J connectivity index is 3.33. The maximum atomic E-state index is 13.4. The molecule has 0 heterocycles. The van der Waals surface area contributed by atoms with Crippen molar-refractivity contribution in [3.63, 3.8) is 0 Å². The molecule has 0 spiro atoms. The monoisotopic (exact) mass is 229 g/mol. The Morgan fingerprint density at radius 1 is 1.31 bits per heavy atom. The van der Waals surface area contributed by atoms with Crippen LogP contribution >= 0.6 is 0 Å². The fraction of sp³-hybridized carbons (Fsp3) is 0.300. The predicted molar refractivity (Wildman–Crippen MR) is 51.6 cm³/mol. The van der Waals surface area contributed by atoms with E-state index in [0.717, 1.165) is 12.1 Å². The third-order valence-corrected chi connectivity index (χ3v) is 1.92. The number of rotatable bonds is 4. The summed E-state index contributed by atoms with van der Waals surface area (Å²) in [7, 11) is 2.58. The average molecular weight is 229 g/mol. The minimum Gasteiger partial charge on any atom is -0.497 e. The van der Waals surface area contributed by atoms with Crippen LogP contribution in [0, 0.1) is 0 Å². The molecule has 0 aromatic heterocycles. The first kappa shape index (κ1) is 12.1. The van der Waals surface area contributed by atoms with Crippen molar-refractivity contribution in [1.29, 1.82) is 0 Å². The number of nitrogens with zero attached hydrogens (tertiary/aromatic N) is 1. The van der Waals surface area contributed by atoms with Gasteiger partial charge in [-0.15, -0.1) is 4.99 Å². The number of halogens is 2. The molecule has 0 saturated carbocycles. The third-order valence-electron chi connectivity index (χ3n) is 1.92. The van der Waals surface area contributed by atoms with E-state index in [4.69, 9.17) is 9.47 Å². The lowest BCUT2D eigenvalue weighted by Gasteiger charge is -2.14. The molecule has 0 aliphatic rings. The number of carbonyl (C=O) groups excluding carboxylic acids is 1. The molecule has 0 aliphatic heterocycles. The summed E-state index contributed by atoms with van der Waals surface area (Å²) in [6, 6.07) is 0.146. The van der Waals surface area contributed by atoms with E-state index in [1.165, 1.54) is 26.4 Å². The van der Waals surface area contributed by atoms with E-state index in [0.29, 0.717) is 0 Å². The molecular formula is C10H9F2NO3. The topological polar surface area (TPSA) is 47.9 Å². The molecule has 0 radical (unpaired) electrons. The van der Waals surface area contributed by atoms with Crippen LogP contribution in [-0.2, 0) is 10.8 Å². The van der Waals surface area contributed by atoms with Gasteiger partial charge in [-0.05, 0) is 18.2 Å². The highest BCUT2D eigenvalue weighted by atomic mass is 19.3. The van der Waals surface area contributed by atoms with E-state index in [1.54, 1.807) is 0 Å². The lowest BCUT2D eigenvalue weighted by molar-refractivity contribution is 0.00369. The molecule has 1 rings (SSSR count). The van der Waals surface area contributed by atoms with Crippen molar-refractivity contribution < 1.29 is 23.0 Å². The van der Waals surface area contributed by atoms with Crippen molar-refractivity contribution in [1.82, 2.24) is 0 Å². The number of aliphatic imine (C=N–C) groups is 1. The minimum atomic E-state index is -3.68. The first-order valence-corrected chi connectivity index (χ1v) is 4.24. The van der Waals surface area contributed by atoms with Crippen LogP contribution in [0.2, 0.25) is 0 Å². The minimum absolute atomic E-state index is 0.0789. The van der Waals surface area contributed by atoms with Gasteiger partial charge in [0, 0.05) is 0 Å². The summed E-state index contributed by atoms with van der Waals surface area (Å²) in [6.45, 7) is 0. The maximum Gasteiger partial charge on any atom is 0.382 e. The Kier molecular flexibility index (Phi) is 3.58. The number of benzene rings is 1. The summed E-state index contributed by atoms with van der Waals surface area (Å²) in [5.74, 6) is 0.140. The van der Waals surface area contributed by atoms with Crippen LogP contribution in [0.4, 0.5) is 8.78 Å². The van der Waals surface area contributed by atoms with Gasteiger partial charge < -0.3 is 9.47 Å². The van der Waals surface area contributed by atoms with E-state index in [1.807, 2.05) is 0 Å². The van der Waals surface area contributed by atoms with E-state index in [-0.39, 0.29) is 11.5 Å². The van der Waals surface area contributed by atoms with Gasteiger partial charge >= 0.3 is 6.05 Å². The predicted octanol–water partition coefficient (Wildman–Crippen LogP) is 2.09. The van der Waals surface area contributed by atoms with Crippen LogP contribution in [0.15, 0.2) is 23.2 Å². The zero-order chi connectivity index (χ0) is 12.2. The molecule has 16 heavy (non-hydrogen) atoms. The molecular weight excluding hydrogens is 220 g/mol. The average Bonchev–Trinajstić information content (AvgIpc) is 2.28. The largest absolute Gasteiger partial charge is 0.497 e. The summed E-state index contributed by atoms with van der Waals surface area (Å²) in [5, 5.41) is 0. The number of hydrogen-bond acceptors (Lipinski definition) is 4. The smallest absolute Gasteiger partial charge is 0.382 e.